The molecule has 108 valence electrons. The second-order valence-corrected chi connectivity index (χ2v) is 5.16. The molecule has 1 unspecified atom stereocenters. The number of aliphatic hydroxyl groups excluding tert-OH is 1. The van der Waals surface area contributed by atoms with Crippen molar-refractivity contribution in [2.45, 2.75) is 45.9 Å². The summed E-state index contributed by atoms with van der Waals surface area (Å²) in [6, 6.07) is 7.61. The fourth-order valence-corrected chi connectivity index (χ4v) is 2.07. The molecule has 2 rings (SSSR count). The zero-order valence-electron chi connectivity index (χ0n) is 12.3. The summed E-state index contributed by atoms with van der Waals surface area (Å²) in [6.45, 7) is 6.88. The van der Waals surface area contributed by atoms with E-state index in [4.69, 9.17) is 4.74 Å². The Hall–Kier alpha value is -1.81. The molecule has 1 heterocycles. The topological polar surface area (TPSA) is 47.3 Å². The molecule has 1 aromatic carbocycles. The van der Waals surface area contributed by atoms with Crippen LogP contribution in [0, 0.1) is 0 Å². The van der Waals surface area contributed by atoms with E-state index in [0.29, 0.717) is 6.42 Å². The van der Waals surface area contributed by atoms with Crippen molar-refractivity contribution in [3.05, 3.63) is 47.8 Å². The van der Waals surface area contributed by atoms with Crippen molar-refractivity contribution in [3.63, 3.8) is 0 Å². The third kappa shape index (κ3) is 3.84. The zero-order chi connectivity index (χ0) is 14.5. The lowest BCUT2D eigenvalue weighted by Gasteiger charge is -2.13. The average molecular weight is 274 g/mol. The molecule has 0 aliphatic heterocycles. The molecule has 0 amide bonds. The Bertz CT molecular complexity index is 532. The minimum atomic E-state index is -0.516. The van der Waals surface area contributed by atoms with Gasteiger partial charge >= 0.3 is 0 Å². The van der Waals surface area contributed by atoms with Gasteiger partial charge in [-0.15, -0.1) is 0 Å². The highest BCUT2D eigenvalue weighted by Crippen LogP contribution is 2.21. The molecule has 1 atom stereocenters. The van der Waals surface area contributed by atoms with Crippen LogP contribution in [-0.2, 0) is 13.0 Å². The second-order valence-electron chi connectivity index (χ2n) is 5.16. The number of hydrogen-bond acceptors (Lipinski definition) is 3. The first-order valence-electron chi connectivity index (χ1n) is 7.04. The SMILES string of the molecule is CCn1cc(CC(O)c2ccc(OC(C)C)cc2)cn1. The minimum absolute atomic E-state index is 0.158. The Balaban J connectivity index is 1.99. The van der Waals surface area contributed by atoms with Gasteiger partial charge in [0.15, 0.2) is 0 Å². The molecular formula is C16H22N2O2. The second kappa shape index (κ2) is 6.57. The van der Waals surface area contributed by atoms with Gasteiger partial charge in [-0.05, 0) is 44.0 Å². The largest absolute Gasteiger partial charge is 0.491 e. The smallest absolute Gasteiger partial charge is 0.119 e. The maximum atomic E-state index is 10.3. The van der Waals surface area contributed by atoms with E-state index in [1.807, 2.05) is 62.1 Å². The van der Waals surface area contributed by atoms with Crippen LogP contribution in [0.15, 0.2) is 36.7 Å². The molecule has 4 nitrogen and oxygen atoms in total. The number of aromatic nitrogens is 2. The molecule has 0 spiro atoms. The first-order valence-corrected chi connectivity index (χ1v) is 7.04. The van der Waals surface area contributed by atoms with Crippen molar-refractivity contribution in [2.75, 3.05) is 0 Å². The maximum absolute atomic E-state index is 10.3. The Kier molecular flexibility index (Phi) is 4.79. The molecule has 0 radical (unpaired) electrons. The molecule has 0 aliphatic rings. The summed E-state index contributed by atoms with van der Waals surface area (Å²) in [6.07, 6.45) is 4.00. The monoisotopic (exact) mass is 274 g/mol. The Morgan fingerprint density at radius 3 is 2.50 bits per heavy atom. The summed E-state index contributed by atoms with van der Waals surface area (Å²) in [4.78, 5) is 0. The van der Waals surface area contributed by atoms with E-state index >= 15 is 0 Å². The van der Waals surface area contributed by atoms with Gasteiger partial charge in [-0.1, -0.05) is 12.1 Å². The molecular weight excluding hydrogens is 252 g/mol. The van der Waals surface area contributed by atoms with E-state index in [-0.39, 0.29) is 6.10 Å². The molecule has 0 aliphatic carbocycles. The van der Waals surface area contributed by atoms with Crippen molar-refractivity contribution < 1.29 is 9.84 Å². The molecule has 1 N–H and O–H groups in total. The summed E-state index contributed by atoms with van der Waals surface area (Å²) in [5.74, 6) is 0.828. The van der Waals surface area contributed by atoms with Gasteiger partial charge in [-0.3, -0.25) is 4.68 Å². The predicted molar refractivity (Wildman–Crippen MR) is 78.8 cm³/mol. The van der Waals surface area contributed by atoms with Crippen LogP contribution in [0.2, 0.25) is 0 Å². The molecule has 4 heteroatoms. The highest BCUT2D eigenvalue weighted by Gasteiger charge is 2.10. The van der Waals surface area contributed by atoms with Gasteiger partial charge in [0, 0.05) is 19.2 Å². The van der Waals surface area contributed by atoms with Crippen LogP contribution in [-0.4, -0.2) is 21.0 Å². The highest BCUT2D eigenvalue weighted by molar-refractivity contribution is 5.29. The van der Waals surface area contributed by atoms with Crippen molar-refractivity contribution >= 4 is 0 Å². The molecule has 0 saturated carbocycles. The van der Waals surface area contributed by atoms with Crippen LogP contribution in [0.4, 0.5) is 0 Å². The van der Waals surface area contributed by atoms with E-state index in [9.17, 15) is 5.11 Å². The number of aliphatic hydroxyl groups is 1. The van der Waals surface area contributed by atoms with Crippen molar-refractivity contribution in [3.8, 4) is 5.75 Å². The molecule has 20 heavy (non-hydrogen) atoms. The molecule has 1 aromatic heterocycles. The number of rotatable bonds is 6. The van der Waals surface area contributed by atoms with Gasteiger partial charge in [0.1, 0.15) is 5.75 Å². The first kappa shape index (κ1) is 14.6. The van der Waals surface area contributed by atoms with Crippen LogP contribution < -0.4 is 4.74 Å². The zero-order valence-corrected chi connectivity index (χ0v) is 12.3. The van der Waals surface area contributed by atoms with Gasteiger partial charge in [0.25, 0.3) is 0 Å². The lowest BCUT2D eigenvalue weighted by atomic mass is 10.0. The van der Waals surface area contributed by atoms with Crippen molar-refractivity contribution in [1.29, 1.82) is 0 Å². The number of hydrogen-bond donors (Lipinski definition) is 1. The third-order valence-electron chi connectivity index (χ3n) is 3.08. The van der Waals surface area contributed by atoms with Gasteiger partial charge in [0.05, 0.1) is 18.4 Å². The fourth-order valence-electron chi connectivity index (χ4n) is 2.07. The molecule has 0 fully saturated rings. The minimum Gasteiger partial charge on any atom is -0.491 e. The Morgan fingerprint density at radius 1 is 1.25 bits per heavy atom. The summed E-state index contributed by atoms with van der Waals surface area (Å²) >= 11 is 0. The third-order valence-corrected chi connectivity index (χ3v) is 3.08. The van der Waals surface area contributed by atoms with E-state index in [2.05, 4.69) is 5.10 Å². The van der Waals surface area contributed by atoms with Crippen LogP contribution >= 0.6 is 0 Å². The normalized spacial score (nSPS) is 12.7. The van der Waals surface area contributed by atoms with Crippen LogP contribution in [0.1, 0.15) is 38.0 Å². The summed E-state index contributed by atoms with van der Waals surface area (Å²) < 4.78 is 7.45. The van der Waals surface area contributed by atoms with Gasteiger partial charge < -0.3 is 9.84 Å². The first-order chi connectivity index (χ1) is 9.58. The van der Waals surface area contributed by atoms with Crippen LogP contribution in [0.3, 0.4) is 0 Å². The fraction of sp³-hybridized carbons (Fsp3) is 0.438. The quantitative estimate of drug-likeness (QED) is 0.881. The van der Waals surface area contributed by atoms with E-state index in [1.165, 1.54) is 0 Å². The molecule has 0 saturated heterocycles. The molecule has 2 aromatic rings. The maximum Gasteiger partial charge on any atom is 0.119 e. The standard InChI is InChI=1S/C16H22N2O2/c1-4-18-11-13(10-17-18)9-16(19)14-5-7-15(8-6-14)20-12(2)3/h5-8,10-12,16,19H,4,9H2,1-3H3. The summed E-state index contributed by atoms with van der Waals surface area (Å²) in [5, 5.41) is 14.5. The van der Waals surface area contributed by atoms with Crippen LogP contribution in [0.5, 0.6) is 5.75 Å². The van der Waals surface area contributed by atoms with Gasteiger partial charge in [-0.25, -0.2) is 0 Å². The average Bonchev–Trinajstić information content (AvgIpc) is 2.86. The Morgan fingerprint density at radius 2 is 1.95 bits per heavy atom. The summed E-state index contributed by atoms with van der Waals surface area (Å²) in [7, 11) is 0. The van der Waals surface area contributed by atoms with Crippen molar-refractivity contribution in [2.24, 2.45) is 0 Å². The number of aryl methyl sites for hydroxylation is 1. The number of nitrogens with zero attached hydrogens (tertiary/aromatic N) is 2. The summed E-state index contributed by atoms with van der Waals surface area (Å²) in [5.41, 5.74) is 1.94. The van der Waals surface area contributed by atoms with Crippen LogP contribution in [0.25, 0.3) is 0 Å². The number of ether oxygens (including phenoxy) is 1. The number of benzene rings is 1. The Labute approximate surface area is 120 Å². The lowest BCUT2D eigenvalue weighted by molar-refractivity contribution is 0.178. The van der Waals surface area contributed by atoms with Gasteiger partial charge in [0.2, 0.25) is 0 Å². The predicted octanol–water partition coefficient (Wildman–Crippen LogP) is 2.97. The van der Waals surface area contributed by atoms with E-state index in [1.54, 1.807) is 0 Å². The van der Waals surface area contributed by atoms with Crippen molar-refractivity contribution in [1.82, 2.24) is 9.78 Å². The molecule has 0 bridgehead atoms. The van der Waals surface area contributed by atoms with E-state index in [0.717, 1.165) is 23.4 Å². The van der Waals surface area contributed by atoms with E-state index < -0.39 is 6.10 Å². The highest BCUT2D eigenvalue weighted by atomic mass is 16.5. The lowest BCUT2D eigenvalue weighted by Crippen LogP contribution is -2.06. The van der Waals surface area contributed by atoms with Gasteiger partial charge in [-0.2, -0.15) is 5.10 Å².